The van der Waals surface area contributed by atoms with E-state index in [4.69, 9.17) is 0 Å². The van der Waals surface area contributed by atoms with Crippen LogP contribution < -0.4 is 0 Å². The number of unbranched alkanes of at least 4 members (excludes halogenated alkanes) is 20. The van der Waals surface area contributed by atoms with E-state index in [1.807, 2.05) is 0 Å². The molecule has 2 nitrogen and oxygen atoms in total. The van der Waals surface area contributed by atoms with Crippen molar-refractivity contribution >= 4 is 0 Å². The van der Waals surface area contributed by atoms with E-state index in [-0.39, 0.29) is 0 Å². The van der Waals surface area contributed by atoms with E-state index in [0.29, 0.717) is 0 Å². The molecule has 0 bridgehead atoms. The first-order valence-corrected chi connectivity index (χ1v) is 14.5. The van der Waals surface area contributed by atoms with Gasteiger partial charge in [0.1, 0.15) is 0 Å². The first-order chi connectivity index (χ1) is 15.4. The van der Waals surface area contributed by atoms with Crippen molar-refractivity contribution in [2.75, 3.05) is 19.8 Å². The smallest absolute Gasteiger partial charge is 0.0893 e. The van der Waals surface area contributed by atoms with Crippen LogP contribution >= 0.6 is 0 Å². The number of nitrogens with zero attached hydrogens (tertiary/aromatic N) is 2. The van der Waals surface area contributed by atoms with Crippen LogP contribution in [0.1, 0.15) is 155 Å². The second-order valence-electron chi connectivity index (χ2n) is 10.1. The van der Waals surface area contributed by atoms with E-state index < -0.39 is 0 Å². The van der Waals surface area contributed by atoms with E-state index >= 15 is 0 Å². The van der Waals surface area contributed by atoms with Crippen molar-refractivity contribution < 1.29 is 0 Å². The summed E-state index contributed by atoms with van der Waals surface area (Å²) in [7, 11) is 0. The molecule has 0 amide bonds. The summed E-state index contributed by atoms with van der Waals surface area (Å²) < 4.78 is 0. The Hall–Kier alpha value is -0.660. The molecule has 0 aromatic rings. The van der Waals surface area contributed by atoms with Gasteiger partial charge < -0.3 is 9.80 Å². The maximum Gasteiger partial charge on any atom is 0.0893 e. The van der Waals surface area contributed by atoms with Crippen LogP contribution in [0.5, 0.6) is 0 Å². The maximum atomic E-state index is 2.51. The molecule has 1 rings (SSSR count). The summed E-state index contributed by atoms with van der Waals surface area (Å²) in [6.07, 6.45) is 36.2. The fourth-order valence-electron chi connectivity index (χ4n) is 4.76. The molecule has 0 radical (unpaired) electrons. The topological polar surface area (TPSA) is 6.48 Å². The Kier molecular flexibility index (Phi) is 20.6. The highest BCUT2D eigenvalue weighted by atomic mass is 15.3. The van der Waals surface area contributed by atoms with Crippen LogP contribution in [0.4, 0.5) is 0 Å². The lowest BCUT2D eigenvalue weighted by Gasteiger charge is -2.21. The Bertz CT molecular complexity index is 379. The zero-order valence-corrected chi connectivity index (χ0v) is 21.7. The van der Waals surface area contributed by atoms with Crippen LogP contribution in [0.15, 0.2) is 12.4 Å². The van der Waals surface area contributed by atoms with E-state index in [2.05, 4.69) is 36.0 Å². The lowest BCUT2D eigenvalue weighted by atomic mass is 10.0. The Morgan fingerprint density at radius 3 is 0.935 bits per heavy atom. The van der Waals surface area contributed by atoms with Gasteiger partial charge in [-0.2, -0.15) is 0 Å². The van der Waals surface area contributed by atoms with Crippen LogP contribution in [-0.4, -0.2) is 29.6 Å². The minimum Gasteiger partial charge on any atom is -0.359 e. The average Bonchev–Trinajstić information content (AvgIpc) is 3.23. The van der Waals surface area contributed by atoms with E-state index in [1.165, 1.54) is 154 Å². The van der Waals surface area contributed by atoms with E-state index in [0.717, 1.165) is 6.67 Å². The van der Waals surface area contributed by atoms with Crippen molar-refractivity contribution in [3.63, 3.8) is 0 Å². The summed E-state index contributed by atoms with van der Waals surface area (Å²) >= 11 is 0. The minimum atomic E-state index is 1.13. The third-order valence-corrected chi connectivity index (χ3v) is 6.95. The van der Waals surface area contributed by atoms with Gasteiger partial charge in [-0.3, -0.25) is 0 Å². The highest BCUT2D eigenvalue weighted by Gasteiger charge is 2.10. The first kappa shape index (κ1) is 28.4. The van der Waals surface area contributed by atoms with Crippen molar-refractivity contribution in [1.29, 1.82) is 0 Å². The lowest BCUT2D eigenvalue weighted by Crippen LogP contribution is -2.26. The van der Waals surface area contributed by atoms with Gasteiger partial charge in [-0.15, -0.1) is 0 Å². The van der Waals surface area contributed by atoms with Crippen molar-refractivity contribution in [2.24, 2.45) is 0 Å². The molecule has 1 heterocycles. The van der Waals surface area contributed by atoms with Crippen LogP contribution in [0, 0.1) is 0 Å². The molecule has 0 N–H and O–H groups in total. The molecule has 0 aliphatic carbocycles. The molecule has 184 valence electrons. The quantitative estimate of drug-likeness (QED) is 0.139. The largest absolute Gasteiger partial charge is 0.359 e. The fourth-order valence-corrected chi connectivity index (χ4v) is 4.76. The van der Waals surface area contributed by atoms with Crippen LogP contribution in [-0.2, 0) is 0 Å². The predicted octanol–water partition coefficient (Wildman–Crippen LogP) is 9.65. The highest BCUT2D eigenvalue weighted by Crippen LogP contribution is 2.15. The molecule has 0 aromatic heterocycles. The molecule has 0 saturated carbocycles. The molecule has 31 heavy (non-hydrogen) atoms. The van der Waals surface area contributed by atoms with Crippen LogP contribution in [0.2, 0.25) is 0 Å². The molecule has 0 unspecified atom stereocenters. The number of rotatable bonds is 24. The fraction of sp³-hybridized carbons (Fsp3) is 0.931. The molecule has 1 aliphatic heterocycles. The summed E-state index contributed by atoms with van der Waals surface area (Å²) in [5.74, 6) is 0. The lowest BCUT2D eigenvalue weighted by molar-refractivity contribution is 0.257. The predicted molar refractivity (Wildman–Crippen MR) is 140 cm³/mol. The van der Waals surface area contributed by atoms with Crippen molar-refractivity contribution in [3.05, 3.63) is 12.4 Å². The summed E-state index contributed by atoms with van der Waals surface area (Å²) in [6.45, 7) is 8.23. The normalized spacial score (nSPS) is 13.6. The third kappa shape index (κ3) is 18.6. The zero-order valence-electron chi connectivity index (χ0n) is 21.7. The number of hydrogen-bond acceptors (Lipinski definition) is 2. The van der Waals surface area contributed by atoms with Crippen molar-refractivity contribution in [1.82, 2.24) is 9.80 Å². The molecule has 0 spiro atoms. The zero-order chi connectivity index (χ0) is 22.2. The SMILES string of the molecule is CCCCCCCCCCCCCCCCCCN1C=CN(CCCCCCCC)C1. The average molecular weight is 435 g/mol. The molecule has 2 heteroatoms. The van der Waals surface area contributed by atoms with Gasteiger partial charge in [0.05, 0.1) is 6.67 Å². The van der Waals surface area contributed by atoms with Crippen LogP contribution in [0.3, 0.4) is 0 Å². The Labute approximate surface area is 197 Å². The van der Waals surface area contributed by atoms with Gasteiger partial charge in [-0.1, -0.05) is 142 Å². The molecular weight excluding hydrogens is 376 g/mol. The molecule has 0 saturated heterocycles. The van der Waals surface area contributed by atoms with Gasteiger partial charge in [-0.05, 0) is 12.8 Å². The number of hydrogen-bond donors (Lipinski definition) is 0. The molecular formula is C29H58N2. The molecule has 1 aliphatic rings. The highest BCUT2D eigenvalue weighted by molar-refractivity contribution is 4.90. The molecule has 0 aromatic carbocycles. The summed E-state index contributed by atoms with van der Waals surface area (Å²) in [6, 6.07) is 0. The maximum absolute atomic E-state index is 2.51. The second-order valence-corrected chi connectivity index (χ2v) is 10.1. The molecule has 0 fully saturated rings. The summed E-state index contributed by atoms with van der Waals surface area (Å²) in [5.41, 5.74) is 0. The van der Waals surface area contributed by atoms with Crippen LogP contribution in [0.25, 0.3) is 0 Å². The summed E-state index contributed by atoms with van der Waals surface area (Å²) in [5, 5.41) is 0. The van der Waals surface area contributed by atoms with Gasteiger partial charge in [0.2, 0.25) is 0 Å². The summed E-state index contributed by atoms with van der Waals surface area (Å²) in [4.78, 5) is 5.02. The monoisotopic (exact) mass is 434 g/mol. The van der Waals surface area contributed by atoms with E-state index in [9.17, 15) is 0 Å². The van der Waals surface area contributed by atoms with E-state index in [1.54, 1.807) is 0 Å². The standard InChI is InChI=1S/C29H58N2/c1-3-5-7-9-11-12-13-14-15-16-17-18-19-20-22-24-26-31-28-27-30(29-31)25-23-21-10-8-6-4-2/h27-28H,3-26,29H2,1-2H3. The van der Waals surface area contributed by atoms with Gasteiger partial charge >= 0.3 is 0 Å². The Morgan fingerprint density at radius 1 is 0.387 bits per heavy atom. The first-order valence-electron chi connectivity index (χ1n) is 14.5. The van der Waals surface area contributed by atoms with Gasteiger partial charge in [-0.25, -0.2) is 0 Å². The Balaban J connectivity index is 1.75. The van der Waals surface area contributed by atoms with Crippen molar-refractivity contribution in [3.8, 4) is 0 Å². The second kappa shape index (κ2) is 22.5. The van der Waals surface area contributed by atoms with Gasteiger partial charge in [0, 0.05) is 25.5 Å². The Morgan fingerprint density at radius 2 is 0.645 bits per heavy atom. The van der Waals surface area contributed by atoms with Gasteiger partial charge in [0.15, 0.2) is 0 Å². The van der Waals surface area contributed by atoms with Crippen molar-refractivity contribution in [2.45, 2.75) is 155 Å². The molecule has 0 atom stereocenters. The minimum absolute atomic E-state index is 1.13. The van der Waals surface area contributed by atoms with Gasteiger partial charge in [0.25, 0.3) is 0 Å². The third-order valence-electron chi connectivity index (χ3n) is 6.95.